The van der Waals surface area contributed by atoms with Crippen LogP contribution in [0.2, 0.25) is 0 Å². The molecule has 4 aromatic rings. The monoisotopic (exact) mass is 493 g/mol. The second-order valence-corrected chi connectivity index (χ2v) is 8.87. The number of non-ortho nitro benzene ring substituents is 1. The van der Waals surface area contributed by atoms with Crippen LogP contribution in [-0.2, 0) is 16.9 Å². The summed E-state index contributed by atoms with van der Waals surface area (Å²) in [5.74, 6) is -0.912. The lowest BCUT2D eigenvalue weighted by Crippen LogP contribution is -2.53. The van der Waals surface area contributed by atoms with E-state index in [-0.39, 0.29) is 35.8 Å². The van der Waals surface area contributed by atoms with Crippen LogP contribution in [0.25, 0.3) is 11.0 Å². The van der Waals surface area contributed by atoms with E-state index >= 15 is 0 Å². The summed E-state index contributed by atoms with van der Waals surface area (Å²) in [6.07, 6.45) is 3.25. The zero-order chi connectivity index (χ0) is 25.7. The van der Waals surface area contributed by atoms with Crippen molar-refractivity contribution in [2.75, 3.05) is 11.4 Å². The summed E-state index contributed by atoms with van der Waals surface area (Å²) >= 11 is 0. The number of benzene rings is 3. The number of nitro benzene ring substituents is 1. The average Bonchev–Trinajstić information content (AvgIpc) is 3.45. The van der Waals surface area contributed by atoms with Crippen LogP contribution in [0.4, 0.5) is 11.6 Å². The maximum absolute atomic E-state index is 14.2. The molecule has 2 aliphatic rings. The fourth-order valence-electron chi connectivity index (χ4n) is 5.06. The summed E-state index contributed by atoms with van der Waals surface area (Å²) in [6.45, 7) is 0.218. The smallest absolute Gasteiger partial charge is 0.269 e. The number of para-hydroxylation sites is 1. The van der Waals surface area contributed by atoms with Gasteiger partial charge in [0.05, 0.1) is 16.9 Å². The van der Waals surface area contributed by atoms with Crippen LogP contribution in [0.5, 0.6) is 0 Å². The Balaban J connectivity index is 1.53. The number of amides is 2. The Morgan fingerprint density at radius 1 is 0.973 bits per heavy atom. The van der Waals surface area contributed by atoms with Gasteiger partial charge in [0.15, 0.2) is 5.54 Å². The van der Waals surface area contributed by atoms with Gasteiger partial charge in [0.1, 0.15) is 11.1 Å². The highest BCUT2D eigenvalue weighted by Gasteiger charge is 2.59. The molecule has 3 aromatic carbocycles. The molecule has 6 rings (SSSR count). The van der Waals surface area contributed by atoms with E-state index in [0.29, 0.717) is 11.0 Å². The number of fused-ring (bicyclic) bond motifs is 3. The number of hydrogen-bond donors (Lipinski definition) is 0. The van der Waals surface area contributed by atoms with Gasteiger partial charge in [-0.3, -0.25) is 29.4 Å². The summed E-state index contributed by atoms with van der Waals surface area (Å²) < 4.78 is 6.16. The molecule has 37 heavy (non-hydrogen) atoms. The molecular weight excluding hydrogens is 474 g/mol. The van der Waals surface area contributed by atoms with Gasteiger partial charge in [-0.2, -0.15) is 0 Å². The van der Waals surface area contributed by atoms with E-state index in [4.69, 9.17) is 4.42 Å². The third kappa shape index (κ3) is 3.28. The van der Waals surface area contributed by atoms with Gasteiger partial charge in [0.2, 0.25) is 11.3 Å². The molecule has 0 saturated heterocycles. The van der Waals surface area contributed by atoms with Crippen LogP contribution >= 0.6 is 0 Å². The molecule has 2 aliphatic heterocycles. The Labute approximate surface area is 210 Å². The molecule has 0 radical (unpaired) electrons. The number of nitro groups is 1. The fraction of sp³-hybridized carbons (Fsp3) is 0.107. The number of rotatable bonds is 4. The van der Waals surface area contributed by atoms with Crippen LogP contribution < -0.4 is 10.3 Å². The summed E-state index contributed by atoms with van der Waals surface area (Å²) in [7, 11) is 0. The van der Waals surface area contributed by atoms with E-state index in [1.54, 1.807) is 36.4 Å². The number of nitrogens with zero attached hydrogens (tertiary/aromatic N) is 3. The first kappa shape index (κ1) is 22.4. The predicted octanol–water partition coefficient (Wildman–Crippen LogP) is 4.16. The van der Waals surface area contributed by atoms with Crippen molar-refractivity contribution in [2.45, 2.75) is 12.1 Å². The summed E-state index contributed by atoms with van der Waals surface area (Å²) in [5.41, 5.74) is -0.851. The standard InChI is InChI=1S/C28H19N3O6/c32-24-21-9-4-5-10-22(21)37-26-23(24)28(27(34)29(26)17-18-7-2-1-3-8-18)15-6-16-30(28)25(33)19-11-13-20(14-12-19)31(35)36/h1-15H,16-17H2. The predicted molar refractivity (Wildman–Crippen MR) is 135 cm³/mol. The minimum absolute atomic E-state index is 0.0758. The van der Waals surface area contributed by atoms with E-state index in [1.807, 2.05) is 30.3 Å². The van der Waals surface area contributed by atoms with Gasteiger partial charge in [-0.25, -0.2) is 0 Å². The molecule has 0 N–H and O–H groups in total. The fourth-order valence-corrected chi connectivity index (χ4v) is 5.06. The molecule has 1 spiro atoms. The van der Waals surface area contributed by atoms with Crippen molar-refractivity contribution in [3.05, 3.63) is 128 Å². The van der Waals surface area contributed by atoms with Crippen molar-refractivity contribution < 1.29 is 18.9 Å². The van der Waals surface area contributed by atoms with E-state index in [9.17, 15) is 24.5 Å². The molecule has 0 bridgehead atoms. The van der Waals surface area contributed by atoms with Gasteiger partial charge >= 0.3 is 0 Å². The van der Waals surface area contributed by atoms with E-state index in [0.717, 1.165) is 5.56 Å². The normalized spacial score (nSPS) is 18.1. The van der Waals surface area contributed by atoms with Gasteiger partial charge in [0, 0.05) is 24.2 Å². The van der Waals surface area contributed by atoms with Crippen LogP contribution in [0.1, 0.15) is 21.5 Å². The number of carbonyl (C=O) groups is 2. The summed E-state index contributed by atoms with van der Waals surface area (Å²) in [6, 6.07) is 21.2. The Hall–Kier alpha value is -5.05. The summed E-state index contributed by atoms with van der Waals surface area (Å²) in [5, 5.41) is 11.4. The second-order valence-electron chi connectivity index (χ2n) is 8.87. The molecule has 0 saturated carbocycles. The Bertz CT molecular complexity index is 1680. The topological polar surface area (TPSA) is 114 Å². The molecule has 0 aliphatic carbocycles. The number of hydrogen-bond acceptors (Lipinski definition) is 6. The van der Waals surface area contributed by atoms with Gasteiger partial charge in [-0.1, -0.05) is 48.5 Å². The number of carbonyl (C=O) groups excluding carboxylic acids is 2. The molecule has 1 atom stereocenters. The van der Waals surface area contributed by atoms with E-state index in [1.165, 1.54) is 34.1 Å². The third-order valence-electron chi connectivity index (χ3n) is 6.80. The van der Waals surface area contributed by atoms with Crippen LogP contribution in [0.15, 0.2) is 100 Å². The first-order valence-corrected chi connectivity index (χ1v) is 11.6. The number of anilines is 1. The maximum Gasteiger partial charge on any atom is 0.269 e. The molecule has 9 nitrogen and oxygen atoms in total. The highest BCUT2D eigenvalue weighted by molar-refractivity contribution is 6.12. The maximum atomic E-state index is 14.2. The minimum Gasteiger partial charge on any atom is -0.439 e. The highest BCUT2D eigenvalue weighted by atomic mass is 16.6. The Morgan fingerprint density at radius 2 is 1.68 bits per heavy atom. The SMILES string of the molecule is O=C(c1ccc([N+](=O)[O-])cc1)N1CC=CC12C(=O)N(Cc1ccccc1)c1oc3ccccc3c(=O)c12. The molecule has 2 amide bonds. The molecule has 9 heteroatoms. The van der Waals surface area contributed by atoms with E-state index < -0.39 is 27.7 Å². The summed E-state index contributed by atoms with van der Waals surface area (Å²) in [4.78, 5) is 55.0. The van der Waals surface area contributed by atoms with E-state index in [2.05, 4.69) is 0 Å². The molecular formula is C28H19N3O6. The zero-order valence-electron chi connectivity index (χ0n) is 19.4. The average molecular weight is 493 g/mol. The van der Waals surface area contributed by atoms with Gasteiger partial charge in [-0.15, -0.1) is 0 Å². The van der Waals surface area contributed by atoms with Crippen molar-refractivity contribution in [2.24, 2.45) is 0 Å². The molecule has 182 valence electrons. The lowest BCUT2D eigenvalue weighted by atomic mass is 9.90. The first-order chi connectivity index (χ1) is 17.9. The quantitative estimate of drug-likeness (QED) is 0.240. The highest BCUT2D eigenvalue weighted by Crippen LogP contribution is 2.47. The van der Waals surface area contributed by atoms with Gasteiger partial charge in [0.25, 0.3) is 17.5 Å². The lowest BCUT2D eigenvalue weighted by Gasteiger charge is -2.33. The third-order valence-corrected chi connectivity index (χ3v) is 6.80. The lowest BCUT2D eigenvalue weighted by molar-refractivity contribution is -0.384. The first-order valence-electron chi connectivity index (χ1n) is 11.6. The Kier molecular flexibility index (Phi) is 5.01. The largest absolute Gasteiger partial charge is 0.439 e. The van der Waals surface area contributed by atoms with Crippen molar-refractivity contribution in [1.82, 2.24) is 4.90 Å². The van der Waals surface area contributed by atoms with Crippen molar-refractivity contribution in [3.8, 4) is 0 Å². The molecule has 3 heterocycles. The van der Waals surface area contributed by atoms with Crippen molar-refractivity contribution >= 4 is 34.4 Å². The van der Waals surface area contributed by atoms with Crippen LogP contribution in [0.3, 0.4) is 0 Å². The van der Waals surface area contributed by atoms with Crippen molar-refractivity contribution in [1.29, 1.82) is 0 Å². The van der Waals surface area contributed by atoms with Gasteiger partial charge < -0.3 is 9.32 Å². The zero-order valence-corrected chi connectivity index (χ0v) is 19.4. The minimum atomic E-state index is -1.70. The molecule has 1 unspecified atom stereocenters. The van der Waals surface area contributed by atoms with Crippen LogP contribution in [-0.4, -0.2) is 28.2 Å². The van der Waals surface area contributed by atoms with Crippen LogP contribution in [0, 0.1) is 10.1 Å². The van der Waals surface area contributed by atoms with Crippen molar-refractivity contribution in [3.63, 3.8) is 0 Å². The Morgan fingerprint density at radius 3 is 2.41 bits per heavy atom. The molecule has 0 fully saturated rings. The van der Waals surface area contributed by atoms with Gasteiger partial charge in [-0.05, 0) is 35.9 Å². The molecule has 1 aromatic heterocycles. The second kappa shape index (κ2) is 8.27.